The molecule has 41 heavy (non-hydrogen) atoms. The van der Waals surface area contributed by atoms with Crippen molar-refractivity contribution in [3.05, 3.63) is 33.8 Å². The van der Waals surface area contributed by atoms with E-state index >= 15 is 0 Å². The van der Waals surface area contributed by atoms with Crippen LogP contribution in [0.4, 0.5) is 8.78 Å². The molecule has 0 aliphatic heterocycles. The highest BCUT2D eigenvalue weighted by atomic mass is 79.9. The number of rotatable bonds is 16. The van der Waals surface area contributed by atoms with E-state index < -0.39 is 24.3 Å². The van der Waals surface area contributed by atoms with Gasteiger partial charge < -0.3 is 9.47 Å². The molecule has 3 rings (SSSR count). The first-order chi connectivity index (χ1) is 19.8. The van der Waals surface area contributed by atoms with E-state index in [0.717, 1.165) is 107 Å². The van der Waals surface area contributed by atoms with Crippen molar-refractivity contribution in [3.8, 4) is 0 Å². The Labute approximate surface area is 254 Å². The van der Waals surface area contributed by atoms with Gasteiger partial charge in [-0.3, -0.25) is 0 Å². The standard InChI is InChI=1S/C34H51BrF2O4/c1-3-5-7-9-11-31(36)33(38)40-27-18-13-24(14-19-27)26-17-22-29(30(35)23-26)25-15-20-28(21-16-25)41-34(39)32(37)12-10-8-6-4-2/h17,22-25,27-28,31-32H,3-16,18-21H2,1-2H3/t24?,25?,27?,28?,31-,32-/m0/s1. The van der Waals surface area contributed by atoms with Crippen LogP contribution in [0, 0.1) is 0 Å². The zero-order chi connectivity index (χ0) is 29.6. The number of unbranched alkanes of at least 4 members (excludes halogenated alkanes) is 6. The van der Waals surface area contributed by atoms with Crippen LogP contribution in [0.15, 0.2) is 22.7 Å². The SMILES string of the molecule is CCCCCC[C@H](F)C(=O)OC1CCC(c2ccc(C3CCC(OC(=O)[C@@H](F)CCCCCC)CC3)c(Br)c2)CC1. The second-order valence-electron chi connectivity index (χ2n) is 12.2. The van der Waals surface area contributed by atoms with E-state index in [-0.39, 0.29) is 25.0 Å². The molecule has 0 saturated heterocycles. The molecule has 1 aromatic rings. The van der Waals surface area contributed by atoms with Gasteiger partial charge in [-0.15, -0.1) is 0 Å². The average Bonchev–Trinajstić information content (AvgIpc) is 2.98. The molecule has 0 unspecified atom stereocenters. The largest absolute Gasteiger partial charge is 0.460 e. The van der Waals surface area contributed by atoms with Crippen LogP contribution in [0.5, 0.6) is 0 Å². The molecule has 2 aliphatic rings. The summed E-state index contributed by atoms with van der Waals surface area (Å²) >= 11 is 3.80. The Hall–Kier alpha value is -1.50. The maximum Gasteiger partial charge on any atom is 0.340 e. The van der Waals surface area contributed by atoms with Crippen molar-refractivity contribution in [1.82, 2.24) is 0 Å². The topological polar surface area (TPSA) is 52.6 Å². The first-order valence-corrected chi connectivity index (χ1v) is 17.1. The van der Waals surface area contributed by atoms with Crippen LogP contribution < -0.4 is 0 Å². The molecule has 0 spiro atoms. The van der Waals surface area contributed by atoms with E-state index in [9.17, 15) is 18.4 Å². The van der Waals surface area contributed by atoms with E-state index in [1.165, 1.54) is 11.1 Å². The van der Waals surface area contributed by atoms with Gasteiger partial charge in [0.1, 0.15) is 12.2 Å². The van der Waals surface area contributed by atoms with Crippen molar-refractivity contribution >= 4 is 27.9 Å². The number of benzene rings is 1. The van der Waals surface area contributed by atoms with E-state index in [1.54, 1.807) is 0 Å². The van der Waals surface area contributed by atoms with Crippen molar-refractivity contribution in [3.63, 3.8) is 0 Å². The van der Waals surface area contributed by atoms with Gasteiger partial charge in [-0.1, -0.05) is 80.4 Å². The minimum atomic E-state index is -1.51. The summed E-state index contributed by atoms with van der Waals surface area (Å²) in [6.07, 6.45) is 11.5. The Kier molecular flexibility index (Phi) is 15.1. The van der Waals surface area contributed by atoms with Gasteiger partial charge in [0, 0.05) is 4.47 Å². The highest BCUT2D eigenvalue weighted by molar-refractivity contribution is 9.10. The van der Waals surface area contributed by atoms with E-state index in [2.05, 4.69) is 48.0 Å². The summed E-state index contributed by atoms with van der Waals surface area (Å²) in [5.74, 6) is -0.592. The van der Waals surface area contributed by atoms with Gasteiger partial charge in [-0.2, -0.15) is 0 Å². The fourth-order valence-corrected chi connectivity index (χ4v) is 7.07. The van der Waals surface area contributed by atoms with E-state index in [4.69, 9.17) is 9.47 Å². The number of halogens is 3. The zero-order valence-corrected chi connectivity index (χ0v) is 26.8. The first-order valence-electron chi connectivity index (χ1n) is 16.3. The summed E-state index contributed by atoms with van der Waals surface area (Å²) in [7, 11) is 0. The number of alkyl halides is 2. The fourth-order valence-electron chi connectivity index (χ4n) is 6.35. The molecule has 4 nitrogen and oxygen atoms in total. The molecule has 2 fully saturated rings. The van der Waals surface area contributed by atoms with Crippen molar-refractivity contribution in [2.24, 2.45) is 0 Å². The predicted molar refractivity (Wildman–Crippen MR) is 164 cm³/mol. The molecule has 0 radical (unpaired) electrons. The molecule has 0 N–H and O–H groups in total. The third-order valence-corrected chi connectivity index (χ3v) is 9.67. The summed E-state index contributed by atoms with van der Waals surface area (Å²) in [4.78, 5) is 24.4. The minimum absolute atomic E-state index is 0.187. The maximum atomic E-state index is 14.2. The smallest absolute Gasteiger partial charge is 0.340 e. The quantitative estimate of drug-likeness (QED) is 0.133. The van der Waals surface area contributed by atoms with Crippen LogP contribution in [0.25, 0.3) is 0 Å². The van der Waals surface area contributed by atoms with Crippen molar-refractivity contribution in [2.45, 2.75) is 166 Å². The summed E-state index contributed by atoms with van der Waals surface area (Å²) < 4.78 is 40.6. The van der Waals surface area contributed by atoms with Gasteiger partial charge in [0.15, 0.2) is 12.3 Å². The van der Waals surface area contributed by atoms with Crippen molar-refractivity contribution < 1.29 is 27.8 Å². The highest BCUT2D eigenvalue weighted by Crippen LogP contribution is 2.41. The summed E-state index contributed by atoms with van der Waals surface area (Å²) in [5.41, 5.74) is 2.55. The number of hydrogen-bond donors (Lipinski definition) is 0. The Bertz CT molecular complexity index is 925. The monoisotopic (exact) mass is 640 g/mol. The van der Waals surface area contributed by atoms with Gasteiger partial charge in [-0.05, 0) is 106 Å². The summed E-state index contributed by atoms with van der Waals surface area (Å²) in [6.45, 7) is 4.22. The fraction of sp³-hybridized carbons (Fsp3) is 0.765. The predicted octanol–water partition coefficient (Wildman–Crippen LogP) is 10.2. The van der Waals surface area contributed by atoms with Crippen molar-refractivity contribution in [2.75, 3.05) is 0 Å². The molecule has 2 saturated carbocycles. The number of esters is 2. The van der Waals surface area contributed by atoms with Gasteiger partial charge in [0.05, 0.1) is 0 Å². The van der Waals surface area contributed by atoms with Crippen molar-refractivity contribution in [1.29, 1.82) is 0 Å². The maximum absolute atomic E-state index is 14.2. The van der Waals surface area contributed by atoms with Crippen LogP contribution in [0.3, 0.4) is 0 Å². The molecule has 1 aromatic carbocycles. The highest BCUT2D eigenvalue weighted by Gasteiger charge is 2.30. The molecular formula is C34H51BrF2O4. The third kappa shape index (κ3) is 11.3. The van der Waals surface area contributed by atoms with Gasteiger partial charge in [0.25, 0.3) is 0 Å². The Morgan fingerprint density at radius 2 is 1.20 bits per heavy atom. The number of carbonyl (C=O) groups is 2. The van der Waals surface area contributed by atoms with Crippen LogP contribution in [0.1, 0.15) is 152 Å². The number of carbonyl (C=O) groups excluding carboxylic acids is 2. The van der Waals surface area contributed by atoms with Gasteiger partial charge in [-0.25, -0.2) is 18.4 Å². The molecule has 0 amide bonds. The lowest BCUT2D eigenvalue weighted by Gasteiger charge is -2.31. The molecular weight excluding hydrogens is 590 g/mol. The molecule has 0 bridgehead atoms. The lowest BCUT2D eigenvalue weighted by atomic mass is 9.80. The second-order valence-corrected chi connectivity index (χ2v) is 13.1. The molecule has 2 aliphatic carbocycles. The third-order valence-electron chi connectivity index (χ3n) is 8.98. The minimum Gasteiger partial charge on any atom is -0.460 e. The Balaban J connectivity index is 1.39. The van der Waals surface area contributed by atoms with Crippen LogP contribution in [0.2, 0.25) is 0 Å². The average molecular weight is 642 g/mol. The summed E-state index contributed by atoms with van der Waals surface area (Å²) in [5, 5.41) is 0. The second kappa shape index (κ2) is 18.2. The summed E-state index contributed by atoms with van der Waals surface area (Å²) in [6, 6.07) is 6.64. The number of hydrogen-bond acceptors (Lipinski definition) is 4. The first kappa shape index (κ1) is 34.0. The molecule has 7 heteroatoms. The lowest BCUT2D eigenvalue weighted by Crippen LogP contribution is -2.28. The van der Waals surface area contributed by atoms with Crippen LogP contribution in [-0.4, -0.2) is 36.5 Å². The Morgan fingerprint density at radius 1 is 0.732 bits per heavy atom. The molecule has 2 atom stereocenters. The molecule has 0 heterocycles. The lowest BCUT2D eigenvalue weighted by molar-refractivity contribution is -0.157. The van der Waals surface area contributed by atoms with E-state index in [1.807, 2.05) is 0 Å². The van der Waals surface area contributed by atoms with Crippen LogP contribution >= 0.6 is 15.9 Å². The number of ether oxygens (including phenoxy) is 2. The van der Waals surface area contributed by atoms with Gasteiger partial charge >= 0.3 is 11.9 Å². The molecule has 0 aromatic heterocycles. The Morgan fingerprint density at radius 3 is 1.63 bits per heavy atom. The zero-order valence-electron chi connectivity index (χ0n) is 25.2. The van der Waals surface area contributed by atoms with Gasteiger partial charge in [0.2, 0.25) is 0 Å². The normalized spacial score (nSPS) is 24.4. The van der Waals surface area contributed by atoms with E-state index in [0.29, 0.717) is 11.8 Å². The molecule has 232 valence electrons. The van der Waals surface area contributed by atoms with Crippen LogP contribution in [-0.2, 0) is 19.1 Å².